The Morgan fingerprint density at radius 3 is 2.91 bits per heavy atom. The van der Waals surface area contributed by atoms with Gasteiger partial charge in [-0.25, -0.2) is 4.98 Å². The maximum Gasteiger partial charge on any atom is 0.255 e. The molecule has 1 amide bonds. The minimum atomic E-state index is -0.458. The maximum atomic E-state index is 12.5. The van der Waals surface area contributed by atoms with E-state index in [1.165, 1.54) is 0 Å². The van der Waals surface area contributed by atoms with Gasteiger partial charge in [-0.2, -0.15) is 5.26 Å². The number of benzene rings is 1. The Morgan fingerprint density at radius 2 is 2.23 bits per heavy atom. The molecule has 2 heterocycles. The average Bonchev–Trinajstić information content (AvgIpc) is 3.01. The Morgan fingerprint density at radius 1 is 1.41 bits per heavy atom. The zero-order valence-electron chi connectivity index (χ0n) is 12.7. The first-order chi connectivity index (χ1) is 10.6. The second-order valence-corrected chi connectivity index (χ2v) is 6.55. The molecule has 0 fully saturated rings. The molecule has 0 N–H and O–H groups in total. The van der Waals surface area contributed by atoms with E-state index in [1.54, 1.807) is 16.2 Å². The molecular weight excluding hydrogens is 294 g/mol. The van der Waals surface area contributed by atoms with Crippen molar-refractivity contribution in [2.75, 3.05) is 6.54 Å². The quantitative estimate of drug-likeness (QED) is 0.869. The second-order valence-electron chi connectivity index (χ2n) is 5.61. The molecule has 112 valence electrons. The summed E-state index contributed by atoms with van der Waals surface area (Å²) < 4.78 is 0. The summed E-state index contributed by atoms with van der Waals surface area (Å²) in [7, 11) is 0. The third-order valence-corrected chi connectivity index (χ3v) is 4.91. The van der Waals surface area contributed by atoms with Gasteiger partial charge in [-0.05, 0) is 26.3 Å². The molecule has 22 heavy (non-hydrogen) atoms. The Kier molecular flexibility index (Phi) is 3.95. The van der Waals surface area contributed by atoms with Crippen LogP contribution >= 0.6 is 11.3 Å². The molecule has 0 radical (unpaired) electrons. The number of thiazole rings is 1. The number of aryl methyl sites for hydroxylation is 3. The lowest BCUT2D eigenvalue weighted by Crippen LogP contribution is -2.28. The van der Waals surface area contributed by atoms with Crippen LogP contribution in [0.15, 0.2) is 23.6 Å². The molecule has 0 bridgehead atoms. The van der Waals surface area contributed by atoms with Crippen molar-refractivity contribution in [2.24, 2.45) is 0 Å². The summed E-state index contributed by atoms with van der Waals surface area (Å²) in [6.07, 6.45) is 1.67. The largest absolute Gasteiger partial charge is 0.318 e. The SMILES string of the molecule is Cc1ccc2c(c1)C(C#N)N(CCCc1nc(C)cs1)C2=O. The number of rotatable bonds is 4. The van der Waals surface area contributed by atoms with Crippen molar-refractivity contribution in [1.29, 1.82) is 5.26 Å². The van der Waals surface area contributed by atoms with Gasteiger partial charge in [0.25, 0.3) is 5.91 Å². The van der Waals surface area contributed by atoms with E-state index >= 15 is 0 Å². The van der Waals surface area contributed by atoms with E-state index in [4.69, 9.17) is 0 Å². The van der Waals surface area contributed by atoms with Gasteiger partial charge in [-0.15, -0.1) is 11.3 Å². The molecule has 1 atom stereocenters. The molecule has 4 nitrogen and oxygen atoms in total. The lowest BCUT2D eigenvalue weighted by atomic mass is 10.0. The summed E-state index contributed by atoms with van der Waals surface area (Å²) in [5.41, 5.74) is 3.63. The minimum Gasteiger partial charge on any atom is -0.318 e. The Bertz CT molecular complexity index is 760. The van der Waals surface area contributed by atoms with Crippen molar-refractivity contribution < 1.29 is 4.79 Å². The summed E-state index contributed by atoms with van der Waals surface area (Å²) in [4.78, 5) is 18.6. The molecule has 0 saturated carbocycles. The highest BCUT2D eigenvalue weighted by molar-refractivity contribution is 7.09. The van der Waals surface area contributed by atoms with E-state index in [-0.39, 0.29) is 5.91 Å². The van der Waals surface area contributed by atoms with Crippen molar-refractivity contribution in [2.45, 2.75) is 32.7 Å². The van der Waals surface area contributed by atoms with E-state index in [0.29, 0.717) is 12.1 Å². The van der Waals surface area contributed by atoms with E-state index in [2.05, 4.69) is 11.1 Å². The van der Waals surface area contributed by atoms with Gasteiger partial charge in [0.2, 0.25) is 0 Å². The van der Waals surface area contributed by atoms with Gasteiger partial charge in [0.1, 0.15) is 6.04 Å². The second kappa shape index (κ2) is 5.90. The molecule has 1 aromatic heterocycles. The summed E-state index contributed by atoms with van der Waals surface area (Å²) in [5.74, 6) is -0.0307. The van der Waals surface area contributed by atoms with E-state index < -0.39 is 6.04 Å². The summed E-state index contributed by atoms with van der Waals surface area (Å²) >= 11 is 1.65. The van der Waals surface area contributed by atoms with Gasteiger partial charge in [0, 0.05) is 35.2 Å². The summed E-state index contributed by atoms with van der Waals surface area (Å²) in [6.45, 7) is 4.55. The predicted molar refractivity (Wildman–Crippen MR) is 85.7 cm³/mol. The van der Waals surface area contributed by atoms with E-state index in [0.717, 1.165) is 34.7 Å². The van der Waals surface area contributed by atoms with Crippen LogP contribution in [0.2, 0.25) is 0 Å². The molecule has 5 heteroatoms. The first-order valence-corrected chi connectivity index (χ1v) is 8.20. The average molecular weight is 311 g/mol. The van der Waals surface area contributed by atoms with Crippen LogP contribution in [0.5, 0.6) is 0 Å². The Hall–Kier alpha value is -2.19. The van der Waals surface area contributed by atoms with Crippen molar-refractivity contribution in [3.05, 3.63) is 51.0 Å². The topological polar surface area (TPSA) is 57.0 Å². The van der Waals surface area contributed by atoms with Crippen LogP contribution in [0.25, 0.3) is 0 Å². The molecule has 1 aliphatic heterocycles. The van der Waals surface area contributed by atoms with E-state index in [1.807, 2.05) is 37.4 Å². The normalized spacial score (nSPS) is 16.7. The molecule has 1 aromatic carbocycles. The van der Waals surface area contributed by atoms with Gasteiger partial charge < -0.3 is 4.90 Å². The number of amides is 1. The van der Waals surface area contributed by atoms with Crippen molar-refractivity contribution in [3.63, 3.8) is 0 Å². The zero-order chi connectivity index (χ0) is 15.7. The fraction of sp³-hybridized carbons (Fsp3) is 0.353. The van der Waals surface area contributed by atoms with Crippen molar-refractivity contribution in [3.8, 4) is 6.07 Å². The Balaban J connectivity index is 1.72. The highest BCUT2D eigenvalue weighted by Gasteiger charge is 2.36. The van der Waals surface area contributed by atoms with Crippen LogP contribution in [0.4, 0.5) is 0 Å². The molecular formula is C17H17N3OS. The Labute approximate surface area is 134 Å². The number of hydrogen-bond donors (Lipinski definition) is 0. The van der Waals surface area contributed by atoms with Gasteiger partial charge >= 0.3 is 0 Å². The van der Waals surface area contributed by atoms with Gasteiger partial charge in [-0.1, -0.05) is 17.7 Å². The van der Waals surface area contributed by atoms with Gasteiger partial charge in [0.05, 0.1) is 11.1 Å². The lowest BCUT2D eigenvalue weighted by Gasteiger charge is -2.19. The number of fused-ring (bicyclic) bond motifs is 1. The van der Waals surface area contributed by atoms with E-state index in [9.17, 15) is 10.1 Å². The molecule has 1 aliphatic rings. The highest BCUT2D eigenvalue weighted by Crippen LogP contribution is 2.33. The predicted octanol–water partition coefficient (Wildman–Crippen LogP) is 3.41. The molecule has 0 saturated heterocycles. The molecule has 2 aromatic rings. The van der Waals surface area contributed by atoms with Crippen LogP contribution in [0, 0.1) is 25.2 Å². The van der Waals surface area contributed by atoms with Crippen LogP contribution in [-0.2, 0) is 6.42 Å². The van der Waals surface area contributed by atoms with Crippen molar-refractivity contribution in [1.82, 2.24) is 9.88 Å². The number of carbonyl (C=O) groups is 1. The summed E-state index contributed by atoms with van der Waals surface area (Å²) in [6, 6.07) is 7.52. The third kappa shape index (κ3) is 2.62. The lowest BCUT2D eigenvalue weighted by molar-refractivity contribution is 0.0755. The molecule has 0 spiro atoms. The zero-order valence-corrected chi connectivity index (χ0v) is 13.5. The number of hydrogen-bond acceptors (Lipinski definition) is 4. The van der Waals surface area contributed by atoms with Crippen molar-refractivity contribution >= 4 is 17.2 Å². The van der Waals surface area contributed by atoms with Gasteiger partial charge in [-0.3, -0.25) is 4.79 Å². The standard InChI is InChI=1S/C17H17N3OS/c1-11-5-6-13-14(8-11)15(9-18)20(17(13)21)7-3-4-16-19-12(2)10-22-16/h5-6,8,10,15H,3-4,7H2,1-2H3. The summed E-state index contributed by atoms with van der Waals surface area (Å²) in [5, 5.41) is 12.6. The molecule has 1 unspecified atom stereocenters. The fourth-order valence-electron chi connectivity index (χ4n) is 2.83. The monoisotopic (exact) mass is 311 g/mol. The molecule has 0 aliphatic carbocycles. The maximum absolute atomic E-state index is 12.5. The minimum absolute atomic E-state index is 0.0307. The van der Waals surface area contributed by atoms with Crippen LogP contribution < -0.4 is 0 Å². The van der Waals surface area contributed by atoms with Crippen LogP contribution in [0.3, 0.4) is 0 Å². The highest BCUT2D eigenvalue weighted by atomic mass is 32.1. The number of nitrogens with zero attached hydrogens (tertiary/aromatic N) is 3. The smallest absolute Gasteiger partial charge is 0.255 e. The first kappa shape index (κ1) is 14.7. The fourth-order valence-corrected chi connectivity index (χ4v) is 3.65. The van der Waals surface area contributed by atoms with Crippen LogP contribution in [-0.4, -0.2) is 22.3 Å². The number of aromatic nitrogens is 1. The number of nitriles is 1. The van der Waals surface area contributed by atoms with Gasteiger partial charge in [0.15, 0.2) is 0 Å². The number of carbonyl (C=O) groups excluding carboxylic acids is 1. The third-order valence-electron chi connectivity index (χ3n) is 3.88. The molecule has 3 rings (SSSR count). The first-order valence-electron chi connectivity index (χ1n) is 7.32. The van der Waals surface area contributed by atoms with Crippen LogP contribution in [0.1, 0.15) is 44.6 Å².